The molecule has 2 rings (SSSR count). The first-order valence-electron chi connectivity index (χ1n) is 7.96. The Morgan fingerprint density at radius 1 is 1.12 bits per heavy atom. The average Bonchev–Trinajstić information content (AvgIpc) is 2.60. The molecule has 0 aliphatic carbocycles. The molecule has 2 aromatic rings. The van der Waals surface area contributed by atoms with E-state index in [0.29, 0.717) is 11.3 Å². The second-order valence-corrected chi connectivity index (χ2v) is 5.56. The van der Waals surface area contributed by atoms with E-state index in [9.17, 15) is 14.0 Å². The van der Waals surface area contributed by atoms with Crippen molar-refractivity contribution >= 4 is 11.9 Å². The van der Waals surface area contributed by atoms with Gasteiger partial charge in [0, 0.05) is 0 Å². The highest BCUT2D eigenvalue weighted by molar-refractivity contribution is 5.79. The van der Waals surface area contributed by atoms with Gasteiger partial charge in [-0.1, -0.05) is 31.2 Å². The highest BCUT2D eigenvalue weighted by Gasteiger charge is 2.18. The van der Waals surface area contributed by atoms with Gasteiger partial charge in [0.05, 0.1) is 12.5 Å². The standard InChI is InChI=1S/C19H20FNO4/c1-2-13-3-9-16(10-4-13)25-12-18(22)21-17(11-19(23)24)14-5-7-15(20)8-6-14/h3-10,17H,2,11-12H2,1H3,(H,21,22)(H,23,24). The number of aliphatic carboxylic acids is 1. The van der Waals surface area contributed by atoms with Crippen molar-refractivity contribution in [1.82, 2.24) is 5.32 Å². The first-order chi connectivity index (χ1) is 12.0. The molecule has 0 radical (unpaired) electrons. The zero-order valence-electron chi connectivity index (χ0n) is 13.9. The largest absolute Gasteiger partial charge is 0.484 e. The Bertz CT molecular complexity index is 713. The summed E-state index contributed by atoms with van der Waals surface area (Å²) in [6, 6.07) is 12.0. The van der Waals surface area contributed by atoms with Crippen LogP contribution in [0.4, 0.5) is 4.39 Å². The molecular weight excluding hydrogens is 325 g/mol. The van der Waals surface area contributed by atoms with E-state index in [0.717, 1.165) is 12.0 Å². The van der Waals surface area contributed by atoms with Crippen LogP contribution in [0, 0.1) is 5.82 Å². The number of carbonyl (C=O) groups excluding carboxylic acids is 1. The maximum atomic E-state index is 13.0. The van der Waals surface area contributed by atoms with Crippen LogP contribution in [0.3, 0.4) is 0 Å². The van der Waals surface area contributed by atoms with Gasteiger partial charge in [-0.05, 0) is 41.8 Å². The lowest BCUT2D eigenvalue weighted by Gasteiger charge is -2.17. The summed E-state index contributed by atoms with van der Waals surface area (Å²) in [5, 5.41) is 11.6. The predicted molar refractivity (Wildman–Crippen MR) is 90.9 cm³/mol. The van der Waals surface area contributed by atoms with Crippen molar-refractivity contribution in [3.63, 3.8) is 0 Å². The van der Waals surface area contributed by atoms with Crippen LogP contribution in [0.5, 0.6) is 5.75 Å². The first kappa shape index (κ1) is 18.4. The third-order valence-corrected chi connectivity index (χ3v) is 3.69. The third kappa shape index (κ3) is 5.91. The van der Waals surface area contributed by atoms with Crippen LogP contribution in [0.2, 0.25) is 0 Å². The average molecular weight is 345 g/mol. The van der Waals surface area contributed by atoms with Gasteiger partial charge in [0.2, 0.25) is 0 Å². The zero-order valence-corrected chi connectivity index (χ0v) is 13.9. The van der Waals surface area contributed by atoms with Crippen LogP contribution in [0.15, 0.2) is 48.5 Å². The topological polar surface area (TPSA) is 75.6 Å². The van der Waals surface area contributed by atoms with E-state index >= 15 is 0 Å². The van der Waals surface area contributed by atoms with Gasteiger partial charge in [-0.15, -0.1) is 0 Å². The highest BCUT2D eigenvalue weighted by Crippen LogP contribution is 2.18. The van der Waals surface area contributed by atoms with Crippen LogP contribution in [0.25, 0.3) is 0 Å². The highest BCUT2D eigenvalue weighted by atomic mass is 19.1. The van der Waals surface area contributed by atoms with Crippen molar-refractivity contribution in [2.24, 2.45) is 0 Å². The number of benzene rings is 2. The fourth-order valence-corrected chi connectivity index (χ4v) is 2.33. The summed E-state index contributed by atoms with van der Waals surface area (Å²) in [5.74, 6) is -1.38. The molecule has 0 heterocycles. The summed E-state index contributed by atoms with van der Waals surface area (Å²) < 4.78 is 18.4. The number of carboxylic acid groups (broad SMARTS) is 1. The van der Waals surface area contributed by atoms with E-state index < -0.39 is 23.7 Å². The van der Waals surface area contributed by atoms with E-state index in [1.807, 2.05) is 19.1 Å². The molecule has 0 spiro atoms. The maximum Gasteiger partial charge on any atom is 0.305 e. The molecule has 2 N–H and O–H groups in total. The molecule has 1 amide bonds. The number of ether oxygens (including phenoxy) is 1. The molecule has 0 saturated carbocycles. The zero-order chi connectivity index (χ0) is 18.2. The third-order valence-electron chi connectivity index (χ3n) is 3.69. The van der Waals surface area contributed by atoms with Crippen LogP contribution in [-0.4, -0.2) is 23.6 Å². The van der Waals surface area contributed by atoms with Crippen molar-refractivity contribution in [3.8, 4) is 5.75 Å². The predicted octanol–water partition coefficient (Wildman–Crippen LogP) is 3.10. The van der Waals surface area contributed by atoms with Crippen LogP contribution < -0.4 is 10.1 Å². The lowest BCUT2D eigenvalue weighted by Crippen LogP contribution is -2.33. The van der Waals surface area contributed by atoms with Crippen LogP contribution in [0.1, 0.15) is 30.5 Å². The number of amides is 1. The van der Waals surface area contributed by atoms with Crippen molar-refractivity contribution < 1.29 is 23.8 Å². The fraction of sp³-hybridized carbons (Fsp3) is 0.263. The van der Waals surface area contributed by atoms with Crippen molar-refractivity contribution in [2.45, 2.75) is 25.8 Å². The van der Waals surface area contributed by atoms with Crippen molar-refractivity contribution in [2.75, 3.05) is 6.61 Å². The summed E-state index contributed by atoms with van der Waals surface area (Å²) in [7, 11) is 0. The molecule has 0 aliphatic rings. The summed E-state index contributed by atoms with van der Waals surface area (Å²) in [6.45, 7) is 1.81. The normalized spacial score (nSPS) is 11.6. The summed E-state index contributed by atoms with van der Waals surface area (Å²) in [6.07, 6.45) is 0.609. The van der Waals surface area contributed by atoms with Gasteiger partial charge in [-0.25, -0.2) is 4.39 Å². The van der Waals surface area contributed by atoms with Gasteiger partial charge < -0.3 is 15.2 Å². The molecular formula is C19H20FNO4. The van der Waals surface area contributed by atoms with Crippen LogP contribution in [-0.2, 0) is 16.0 Å². The molecule has 2 aromatic carbocycles. The quantitative estimate of drug-likeness (QED) is 0.771. The van der Waals surface area contributed by atoms with Crippen molar-refractivity contribution in [3.05, 3.63) is 65.5 Å². The Labute approximate surface area is 145 Å². The first-order valence-corrected chi connectivity index (χ1v) is 7.96. The molecule has 0 saturated heterocycles. The number of carbonyl (C=O) groups is 2. The molecule has 0 bridgehead atoms. The monoisotopic (exact) mass is 345 g/mol. The Morgan fingerprint density at radius 3 is 2.32 bits per heavy atom. The number of nitrogens with one attached hydrogen (secondary N) is 1. The minimum atomic E-state index is -1.06. The minimum Gasteiger partial charge on any atom is -0.484 e. The smallest absolute Gasteiger partial charge is 0.305 e. The van der Waals surface area contributed by atoms with Gasteiger partial charge >= 0.3 is 5.97 Å². The number of rotatable bonds is 8. The lowest BCUT2D eigenvalue weighted by molar-refractivity contribution is -0.137. The lowest BCUT2D eigenvalue weighted by atomic mass is 10.0. The van der Waals surface area contributed by atoms with E-state index in [-0.39, 0.29) is 13.0 Å². The van der Waals surface area contributed by atoms with Gasteiger partial charge in [0.1, 0.15) is 11.6 Å². The Morgan fingerprint density at radius 2 is 1.76 bits per heavy atom. The van der Waals surface area contributed by atoms with E-state index in [2.05, 4.69) is 5.32 Å². The number of carboxylic acids is 1. The summed E-state index contributed by atoms with van der Waals surface area (Å²) in [5.41, 5.74) is 1.68. The van der Waals surface area contributed by atoms with Gasteiger partial charge in [0.25, 0.3) is 5.91 Å². The molecule has 0 aromatic heterocycles. The molecule has 1 unspecified atom stereocenters. The molecule has 6 heteroatoms. The number of halogens is 1. The molecule has 5 nitrogen and oxygen atoms in total. The van der Waals surface area contributed by atoms with Gasteiger partial charge in [-0.3, -0.25) is 9.59 Å². The fourth-order valence-electron chi connectivity index (χ4n) is 2.33. The second kappa shape index (κ2) is 8.82. The Hall–Kier alpha value is -2.89. The van der Waals surface area contributed by atoms with Crippen LogP contribution >= 0.6 is 0 Å². The second-order valence-electron chi connectivity index (χ2n) is 5.56. The number of aryl methyl sites for hydroxylation is 1. The van der Waals surface area contributed by atoms with Crippen molar-refractivity contribution in [1.29, 1.82) is 0 Å². The maximum absolute atomic E-state index is 13.0. The number of hydrogen-bond acceptors (Lipinski definition) is 3. The summed E-state index contributed by atoms with van der Waals surface area (Å²) >= 11 is 0. The molecule has 25 heavy (non-hydrogen) atoms. The van der Waals surface area contributed by atoms with E-state index in [1.54, 1.807) is 12.1 Å². The Balaban J connectivity index is 1.96. The van der Waals surface area contributed by atoms with Gasteiger partial charge in [0.15, 0.2) is 6.61 Å². The number of hydrogen-bond donors (Lipinski definition) is 2. The summed E-state index contributed by atoms with van der Waals surface area (Å²) in [4.78, 5) is 23.1. The molecule has 0 fully saturated rings. The minimum absolute atomic E-state index is 0.233. The Kier molecular flexibility index (Phi) is 6.51. The van der Waals surface area contributed by atoms with Gasteiger partial charge in [-0.2, -0.15) is 0 Å². The van der Waals surface area contributed by atoms with E-state index in [1.165, 1.54) is 24.3 Å². The molecule has 0 aliphatic heterocycles. The molecule has 132 valence electrons. The van der Waals surface area contributed by atoms with E-state index in [4.69, 9.17) is 9.84 Å². The SMILES string of the molecule is CCc1ccc(OCC(=O)NC(CC(=O)O)c2ccc(F)cc2)cc1. The molecule has 1 atom stereocenters.